The van der Waals surface area contributed by atoms with E-state index in [4.69, 9.17) is 20.8 Å². The second-order valence-corrected chi connectivity index (χ2v) is 5.64. The van der Waals surface area contributed by atoms with Gasteiger partial charge in [-0.05, 0) is 54.4 Å². The van der Waals surface area contributed by atoms with Gasteiger partial charge in [-0.1, -0.05) is 18.2 Å². The van der Waals surface area contributed by atoms with Crippen LogP contribution in [-0.4, -0.2) is 7.11 Å². The highest BCUT2D eigenvalue weighted by molar-refractivity contribution is 6.22. The van der Waals surface area contributed by atoms with Crippen LogP contribution in [0.3, 0.4) is 0 Å². The summed E-state index contributed by atoms with van der Waals surface area (Å²) in [5.74, 6) is 2.62. The number of benzene rings is 2. The van der Waals surface area contributed by atoms with Crippen LogP contribution in [0.25, 0.3) is 10.8 Å². The summed E-state index contributed by atoms with van der Waals surface area (Å²) in [7, 11) is 1.67. The molecular formula is C18H17ClO2. The van der Waals surface area contributed by atoms with E-state index in [0.29, 0.717) is 0 Å². The Morgan fingerprint density at radius 2 is 1.71 bits per heavy atom. The molecule has 0 radical (unpaired) electrons. The van der Waals surface area contributed by atoms with E-state index in [2.05, 4.69) is 24.3 Å². The largest absolute Gasteiger partial charge is 0.497 e. The Morgan fingerprint density at radius 3 is 2.38 bits per heavy atom. The third-order valence-corrected chi connectivity index (χ3v) is 4.20. The number of hydrogen-bond acceptors (Lipinski definition) is 2. The van der Waals surface area contributed by atoms with Crippen LogP contribution in [0.15, 0.2) is 46.9 Å². The minimum Gasteiger partial charge on any atom is -0.497 e. The molecule has 0 saturated carbocycles. The maximum Gasteiger partial charge on any atom is 0.119 e. The van der Waals surface area contributed by atoms with Crippen LogP contribution in [0.4, 0.5) is 0 Å². The number of methoxy groups -OCH3 is 1. The van der Waals surface area contributed by atoms with Crippen LogP contribution in [-0.2, 0) is 0 Å². The molecule has 0 aliphatic heterocycles. The molecule has 3 heteroatoms. The van der Waals surface area contributed by atoms with Gasteiger partial charge in [0.1, 0.15) is 17.3 Å². The molecule has 0 N–H and O–H groups in total. The summed E-state index contributed by atoms with van der Waals surface area (Å²) >= 11 is 6.62. The highest BCUT2D eigenvalue weighted by Crippen LogP contribution is 2.34. The first-order valence-corrected chi connectivity index (χ1v) is 7.31. The third-order valence-electron chi connectivity index (χ3n) is 3.72. The number of hydrogen-bond donors (Lipinski definition) is 0. The van der Waals surface area contributed by atoms with Gasteiger partial charge in [0, 0.05) is 5.56 Å². The third kappa shape index (κ3) is 2.64. The number of aryl methyl sites for hydroxylation is 2. The number of rotatable bonds is 3. The van der Waals surface area contributed by atoms with Crippen molar-refractivity contribution in [3.05, 3.63) is 65.1 Å². The van der Waals surface area contributed by atoms with Gasteiger partial charge in [-0.3, -0.25) is 0 Å². The van der Waals surface area contributed by atoms with Gasteiger partial charge in [0.05, 0.1) is 12.5 Å². The second kappa shape index (κ2) is 5.45. The first kappa shape index (κ1) is 14.0. The van der Waals surface area contributed by atoms with Gasteiger partial charge < -0.3 is 9.15 Å². The van der Waals surface area contributed by atoms with Crippen LogP contribution in [0.2, 0.25) is 0 Å². The van der Waals surface area contributed by atoms with Crippen molar-refractivity contribution < 1.29 is 9.15 Å². The molecule has 108 valence electrons. The molecule has 1 atom stereocenters. The normalized spacial score (nSPS) is 12.6. The van der Waals surface area contributed by atoms with Gasteiger partial charge in [0.15, 0.2) is 0 Å². The molecule has 3 rings (SSSR count). The summed E-state index contributed by atoms with van der Waals surface area (Å²) in [6.45, 7) is 3.89. The molecular weight excluding hydrogens is 284 g/mol. The molecule has 2 nitrogen and oxygen atoms in total. The first-order chi connectivity index (χ1) is 10.1. The van der Waals surface area contributed by atoms with Gasteiger partial charge in [0.25, 0.3) is 0 Å². The second-order valence-electron chi connectivity index (χ2n) is 5.20. The lowest BCUT2D eigenvalue weighted by Crippen LogP contribution is -1.93. The average Bonchev–Trinajstić information content (AvgIpc) is 2.84. The quantitative estimate of drug-likeness (QED) is 0.605. The molecule has 0 fully saturated rings. The van der Waals surface area contributed by atoms with Crippen molar-refractivity contribution in [1.82, 2.24) is 0 Å². The fourth-order valence-electron chi connectivity index (χ4n) is 2.61. The van der Waals surface area contributed by atoms with Crippen LogP contribution in [0, 0.1) is 13.8 Å². The molecule has 0 amide bonds. The highest BCUT2D eigenvalue weighted by atomic mass is 35.5. The van der Waals surface area contributed by atoms with E-state index in [1.165, 1.54) is 0 Å². The van der Waals surface area contributed by atoms with E-state index in [1.54, 1.807) is 7.11 Å². The Hall–Kier alpha value is -1.93. The molecule has 1 unspecified atom stereocenters. The van der Waals surface area contributed by atoms with E-state index in [1.807, 2.05) is 32.0 Å². The number of fused-ring (bicyclic) bond motifs is 1. The predicted molar refractivity (Wildman–Crippen MR) is 86.4 cm³/mol. The van der Waals surface area contributed by atoms with E-state index < -0.39 is 0 Å². The molecule has 0 aliphatic carbocycles. The minimum atomic E-state index is -0.200. The first-order valence-electron chi connectivity index (χ1n) is 6.87. The van der Waals surface area contributed by atoms with Gasteiger partial charge in [-0.15, -0.1) is 11.6 Å². The summed E-state index contributed by atoms with van der Waals surface area (Å²) in [5.41, 5.74) is 2.10. The van der Waals surface area contributed by atoms with E-state index >= 15 is 0 Å². The van der Waals surface area contributed by atoms with Crippen LogP contribution in [0.5, 0.6) is 5.75 Å². The minimum absolute atomic E-state index is 0.200. The fourth-order valence-corrected chi connectivity index (χ4v) is 2.96. The summed E-state index contributed by atoms with van der Waals surface area (Å²) in [6, 6.07) is 14.3. The van der Waals surface area contributed by atoms with Crippen molar-refractivity contribution in [2.24, 2.45) is 0 Å². The topological polar surface area (TPSA) is 22.4 Å². The SMILES string of the molecule is COc1ccc2cc(C(Cl)c3cc(C)oc3C)ccc2c1. The van der Waals surface area contributed by atoms with E-state index in [0.717, 1.165) is 39.2 Å². The number of furan rings is 1. The fraction of sp³-hybridized carbons (Fsp3) is 0.222. The smallest absolute Gasteiger partial charge is 0.119 e. The molecule has 2 aromatic carbocycles. The van der Waals surface area contributed by atoms with E-state index in [-0.39, 0.29) is 5.38 Å². The van der Waals surface area contributed by atoms with Gasteiger partial charge in [-0.2, -0.15) is 0 Å². The van der Waals surface area contributed by atoms with E-state index in [9.17, 15) is 0 Å². The standard InChI is InChI=1S/C18H17ClO2/c1-11-8-17(12(2)21-11)18(19)15-5-4-14-10-16(20-3)7-6-13(14)9-15/h4-10,18H,1-3H3. The summed E-state index contributed by atoms with van der Waals surface area (Å²) in [4.78, 5) is 0. The highest BCUT2D eigenvalue weighted by Gasteiger charge is 2.17. The molecule has 1 heterocycles. The monoisotopic (exact) mass is 300 g/mol. The van der Waals surface area contributed by atoms with Gasteiger partial charge in [0.2, 0.25) is 0 Å². The van der Waals surface area contributed by atoms with Crippen molar-refractivity contribution in [1.29, 1.82) is 0 Å². The van der Waals surface area contributed by atoms with Crippen molar-refractivity contribution in [3.8, 4) is 5.75 Å². The molecule has 0 bridgehead atoms. The van der Waals surface area contributed by atoms with Crippen molar-refractivity contribution in [2.45, 2.75) is 19.2 Å². The predicted octanol–water partition coefficient (Wildman–Crippen LogP) is 5.39. The Labute approximate surface area is 129 Å². The maximum atomic E-state index is 6.62. The number of ether oxygens (including phenoxy) is 1. The van der Waals surface area contributed by atoms with Gasteiger partial charge >= 0.3 is 0 Å². The zero-order valence-corrected chi connectivity index (χ0v) is 13.1. The lowest BCUT2D eigenvalue weighted by molar-refractivity contribution is 0.415. The van der Waals surface area contributed by atoms with Crippen molar-refractivity contribution >= 4 is 22.4 Å². The Balaban J connectivity index is 2.02. The lowest BCUT2D eigenvalue weighted by Gasteiger charge is -2.11. The van der Waals surface area contributed by atoms with Gasteiger partial charge in [-0.25, -0.2) is 0 Å². The Morgan fingerprint density at radius 1 is 1.00 bits per heavy atom. The number of halogens is 1. The van der Waals surface area contributed by atoms with Crippen molar-refractivity contribution in [3.63, 3.8) is 0 Å². The zero-order valence-electron chi connectivity index (χ0n) is 12.3. The molecule has 3 aromatic rings. The number of alkyl halides is 1. The van der Waals surface area contributed by atoms with Crippen molar-refractivity contribution in [2.75, 3.05) is 7.11 Å². The van der Waals surface area contributed by atoms with Crippen LogP contribution in [0.1, 0.15) is 28.0 Å². The molecule has 0 aliphatic rings. The molecule has 0 spiro atoms. The summed E-state index contributed by atoms with van der Waals surface area (Å²) < 4.78 is 10.8. The molecule has 21 heavy (non-hydrogen) atoms. The molecule has 0 saturated heterocycles. The van der Waals surface area contributed by atoms with Crippen LogP contribution >= 0.6 is 11.6 Å². The summed E-state index contributed by atoms with van der Waals surface area (Å²) in [5, 5.41) is 2.09. The maximum absolute atomic E-state index is 6.62. The average molecular weight is 301 g/mol. The zero-order chi connectivity index (χ0) is 15.0. The Kier molecular flexibility index (Phi) is 3.64. The summed E-state index contributed by atoms with van der Waals surface area (Å²) in [6.07, 6.45) is 0. The Bertz CT molecular complexity index is 789. The van der Waals surface area contributed by atoms with Crippen LogP contribution < -0.4 is 4.74 Å². The molecule has 1 aromatic heterocycles. The lowest BCUT2D eigenvalue weighted by atomic mass is 10.0.